The molecule has 1 N–H and O–H groups in total. The number of ketones is 1. The first-order valence-electron chi connectivity index (χ1n) is 2.86. The Hall–Kier alpha value is -1.05. The maximum atomic E-state index is 10.6. The normalized spacial score (nSPS) is 21.1. The third kappa shape index (κ3) is 0.538. The highest BCUT2D eigenvalue weighted by molar-refractivity contribution is 6.05. The second kappa shape index (κ2) is 1.22. The molecule has 0 saturated carbocycles. The molecule has 0 aromatic carbocycles. The summed E-state index contributed by atoms with van der Waals surface area (Å²) in [6, 6.07) is 0. The summed E-state index contributed by atoms with van der Waals surface area (Å²) < 4.78 is 13.5. The molecule has 2 nitrogen and oxygen atoms in total. The summed E-state index contributed by atoms with van der Waals surface area (Å²) in [7, 11) is 0. The minimum atomic E-state index is -0.468. The van der Waals surface area contributed by atoms with Gasteiger partial charge in [0.1, 0.15) is 0 Å². The highest BCUT2D eigenvalue weighted by Gasteiger charge is 2.04. The minimum Gasteiger partial charge on any atom is -0.359 e. The quantitative estimate of drug-likeness (QED) is 0.437. The average molecular weight is 97.1 g/mol. The lowest BCUT2D eigenvalue weighted by Crippen LogP contribution is -2.01. The van der Waals surface area contributed by atoms with Crippen molar-refractivity contribution in [1.29, 1.82) is 0 Å². The molecular weight excluding hydrogens is 90.1 g/mol. The van der Waals surface area contributed by atoms with Crippen LogP contribution in [0.4, 0.5) is 0 Å². The van der Waals surface area contributed by atoms with Crippen LogP contribution in [-0.4, -0.2) is 5.78 Å². The van der Waals surface area contributed by atoms with Crippen LogP contribution in [-0.2, 0) is 4.79 Å². The molecule has 0 unspecified atom stereocenters. The first-order chi connectivity index (χ1) is 4.22. The molecule has 0 radical (unpaired) electrons. The van der Waals surface area contributed by atoms with Crippen molar-refractivity contribution in [2.24, 2.45) is 0 Å². The van der Waals surface area contributed by atoms with Crippen LogP contribution in [0.1, 0.15) is 2.74 Å². The molecular formula is C5H5NO. The Morgan fingerprint density at radius 3 is 3.14 bits per heavy atom. The van der Waals surface area contributed by atoms with Gasteiger partial charge in [-0.1, -0.05) is 6.53 Å². The predicted octanol–water partition coefficient (Wildman–Crippen LogP) is 0.186. The van der Waals surface area contributed by atoms with Gasteiger partial charge in [0.2, 0.25) is 5.78 Å². The Bertz CT molecular complexity index is 200. The van der Waals surface area contributed by atoms with Crippen molar-refractivity contribution in [2.45, 2.75) is 0 Å². The van der Waals surface area contributed by atoms with Crippen LogP contribution in [0.15, 0.2) is 24.5 Å². The highest BCUT2D eigenvalue weighted by atomic mass is 16.1. The lowest BCUT2D eigenvalue weighted by atomic mass is 10.4. The fourth-order valence-corrected chi connectivity index (χ4v) is 0.355. The molecule has 1 aliphatic rings. The second-order valence-corrected chi connectivity index (χ2v) is 1.22. The lowest BCUT2D eigenvalue weighted by molar-refractivity contribution is -0.111. The van der Waals surface area contributed by atoms with Crippen LogP contribution in [0.25, 0.3) is 0 Å². The molecule has 0 amide bonds. The van der Waals surface area contributed by atoms with Gasteiger partial charge in [0, 0.05) is 12.3 Å². The minimum absolute atomic E-state index is 0.0509. The monoisotopic (exact) mass is 97.0 g/mol. The first kappa shape index (κ1) is 2.31. The molecule has 0 aliphatic carbocycles. The molecule has 0 saturated heterocycles. The molecule has 0 aromatic rings. The SMILES string of the molecule is [2H]C([2H])=C1NC=CC1=O. The Labute approximate surface area is 44.3 Å². The van der Waals surface area contributed by atoms with Crippen molar-refractivity contribution < 1.29 is 7.54 Å². The Balaban J connectivity index is 2.90. The van der Waals surface area contributed by atoms with Gasteiger partial charge in [0.05, 0.1) is 8.44 Å². The van der Waals surface area contributed by atoms with Crippen LogP contribution < -0.4 is 5.32 Å². The van der Waals surface area contributed by atoms with Crippen molar-refractivity contribution in [2.75, 3.05) is 0 Å². The van der Waals surface area contributed by atoms with Crippen molar-refractivity contribution in [3.8, 4) is 0 Å². The molecule has 0 atom stereocenters. The Kier molecular flexibility index (Phi) is 0.403. The zero-order chi connectivity index (χ0) is 6.85. The summed E-state index contributed by atoms with van der Waals surface area (Å²) in [4.78, 5) is 10.6. The second-order valence-electron chi connectivity index (χ2n) is 1.22. The summed E-state index contributed by atoms with van der Waals surface area (Å²) >= 11 is 0. The van der Waals surface area contributed by atoms with E-state index in [9.17, 15) is 4.79 Å². The predicted molar refractivity (Wildman–Crippen MR) is 26.4 cm³/mol. The van der Waals surface area contributed by atoms with Gasteiger partial charge in [0.15, 0.2) is 0 Å². The van der Waals surface area contributed by atoms with E-state index in [0.717, 1.165) is 0 Å². The van der Waals surface area contributed by atoms with E-state index in [2.05, 4.69) is 5.32 Å². The van der Waals surface area contributed by atoms with Crippen LogP contribution >= 0.6 is 0 Å². The topological polar surface area (TPSA) is 29.1 Å². The molecule has 7 heavy (non-hydrogen) atoms. The summed E-state index contributed by atoms with van der Waals surface area (Å²) in [6.45, 7) is -0.468. The van der Waals surface area contributed by atoms with Crippen LogP contribution in [0.2, 0.25) is 0 Å². The van der Waals surface area contributed by atoms with E-state index in [-0.39, 0.29) is 11.5 Å². The van der Waals surface area contributed by atoms with Gasteiger partial charge in [-0.3, -0.25) is 4.79 Å². The number of allylic oxidation sites excluding steroid dienone is 1. The van der Waals surface area contributed by atoms with Crippen molar-refractivity contribution in [3.63, 3.8) is 0 Å². The largest absolute Gasteiger partial charge is 0.359 e. The van der Waals surface area contributed by atoms with Gasteiger partial charge in [0.25, 0.3) is 0 Å². The zero-order valence-corrected chi connectivity index (χ0v) is 3.56. The molecule has 0 fully saturated rings. The van der Waals surface area contributed by atoms with E-state index in [1.54, 1.807) is 0 Å². The fourth-order valence-electron chi connectivity index (χ4n) is 0.355. The molecule has 1 heterocycles. The fraction of sp³-hybridized carbons (Fsp3) is 0. The molecule has 1 rings (SSSR count). The van der Waals surface area contributed by atoms with Gasteiger partial charge < -0.3 is 5.32 Å². The maximum Gasteiger partial charge on any atom is 0.202 e. The molecule has 1 aliphatic heterocycles. The average Bonchev–Trinajstić information content (AvgIpc) is 2.13. The maximum absolute atomic E-state index is 10.6. The van der Waals surface area contributed by atoms with Gasteiger partial charge >= 0.3 is 0 Å². The van der Waals surface area contributed by atoms with E-state index in [0.29, 0.717) is 0 Å². The molecule has 0 bridgehead atoms. The summed E-state index contributed by atoms with van der Waals surface area (Å²) in [5, 5.41) is 2.48. The van der Waals surface area contributed by atoms with E-state index in [1.165, 1.54) is 12.3 Å². The van der Waals surface area contributed by atoms with E-state index in [4.69, 9.17) is 2.74 Å². The van der Waals surface area contributed by atoms with Crippen molar-refractivity contribution in [3.05, 3.63) is 24.5 Å². The highest BCUT2D eigenvalue weighted by Crippen LogP contribution is 1.94. The molecule has 2 heteroatoms. The third-order valence-electron chi connectivity index (χ3n) is 0.709. The van der Waals surface area contributed by atoms with Crippen molar-refractivity contribution >= 4 is 5.78 Å². The van der Waals surface area contributed by atoms with E-state index < -0.39 is 6.53 Å². The molecule has 0 spiro atoms. The molecule has 36 valence electrons. The number of hydrogen-bond acceptors (Lipinski definition) is 2. The van der Waals surface area contributed by atoms with Crippen LogP contribution in [0.5, 0.6) is 0 Å². The van der Waals surface area contributed by atoms with E-state index >= 15 is 0 Å². The standard InChI is InChI=1S/C5H5NO/c1-4-5(7)2-3-6-4/h2-3,6H,1H2/i1D2. The zero-order valence-electron chi connectivity index (χ0n) is 5.56. The van der Waals surface area contributed by atoms with Crippen LogP contribution in [0.3, 0.4) is 0 Å². The number of rotatable bonds is 0. The Morgan fingerprint density at radius 1 is 2.00 bits per heavy atom. The summed E-state index contributed by atoms with van der Waals surface area (Å²) in [5.41, 5.74) is 0.0509. The number of carbonyl (C=O) groups is 1. The van der Waals surface area contributed by atoms with Gasteiger partial charge in [-0.25, -0.2) is 0 Å². The lowest BCUT2D eigenvalue weighted by Gasteiger charge is -1.85. The Morgan fingerprint density at radius 2 is 2.86 bits per heavy atom. The number of carbonyl (C=O) groups excluding carboxylic acids is 1. The summed E-state index contributed by atoms with van der Waals surface area (Å²) in [6.07, 6.45) is 2.71. The third-order valence-corrected chi connectivity index (χ3v) is 0.709. The number of hydrogen-bond donors (Lipinski definition) is 1. The summed E-state index contributed by atoms with van der Waals surface area (Å²) in [5.74, 6) is -0.296. The van der Waals surface area contributed by atoms with Gasteiger partial charge in [-0.2, -0.15) is 0 Å². The van der Waals surface area contributed by atoms with Gasteiger partial charge in [-0.05, 0) is 0 Å². The van der Waals surface area contributed by atoms with Gasteiger partial charge in [-0.15, -0.1) is 0 Å². The van der Waals surface area contributed by atoms with E-state index in [1.807, 2.05) is 0 Å². The smallest absolute Gasteiger partial charge is 0.202 e. The number of nitrogens with one attached hydrogen (secondary N) is 1. The first-order valence-corrected chi connectivity index (χ1v) is 1.86. The van der Waals surface area contributed by atoms with Crippen LogP contribution in [0, 0.1) is 0 Å². The van der Waals surface area contributed by atoms with Crippen molar-refractivity contribution in [1.82, 2.24) is 5.32 Å². The molecule has 0 aromatic heterocycles.